The number of rotatable bonds is 7. The average molecular weight is 357 g/mol. The molecular formula is C17H18F3NO2S. The number of benzene rings is 1. The van der Waals surface area contributed by atoms with Crippen LogP contribution in [0.15, 0.2) is 41.1 Å². The van der Waals surface area contributed by atoms with Crippen molar-refractivity contribution in [2.24, 2.45) is 0 Å². The molecule has 2 aromatic rings. The Labute approximate surface area is 142 Å². The molecule has 1 aromatic heterocycles. The number of carbonyl (C=O) groups excluding carboxylic acids is 1. The molecule has 1 aromatic carbocycles. The van der Waals surface area contributed by atoms with Crippen LogP contribution in [0.1, 0.15) is 40.2 Å². The first-order valence-corrected chi connectivity index (χ1v) is 8.45. The van der Waals surface area contributed by atoms with Crippen molar-refractivity contribution in [3.8, 4) is 0 Å². The molecule has 0 unspecified atom stereocenters. The van der Waals surface area contributed by atoms with E-state index in [4.69, 9.17) is 5.11 Å². The first-order valence-electron chi connectivity index (χ1n) is 7.51. The molecule has 1 amide bonds. The van der Waals surface area contributed by atoms with Crippen molar-refractivity contribution in [1.82, 2.24) is 5.32 Å². The van der Waals surface area contributed by atoms with Gasteiger partial charge in [-0.1, -0.05) is 12.1 Å². The summed E-state index contributed by atoms with van der Waals surface area (Å²) in [5, 5.41) is 15.6. The van der Waals surface area contributed by atoms with Crippen LogP contribution in [0.2, 0.25) is 0 Å². The van der Waals surface area contributed by atoms with Gasteiger partial charge in [-0.05, 0) is 53.3 Å². The zero-order valence-corrected chi connectivity index (χ0v) is 13.7. The maximum atomic E-state index is 12.9. The number of aliphatic hydroxyl groups excluding tert-OH is 1. The number of thiophene rings is 1. The molecule has 2 N–H and O–H groups in total. The molecule has 130 valence electrons. The minimum Gasteiger partial charge on any atom is -0.396 e. The van der Waals surface area contributed by atoms with E-state index in [0.717, 1.165) is 11.6 Å². The predicted molar refractivity (Wildman–Crippen MR) is 87.2 cm³/mol. The van der Waals surface area contributed by atoms with Gasteiger partial charge >= 0.3 is 6.18 Å². The van der Waals surface area contributed by atoms with E-state index in [0.29, 0.717) is 12.8 Å². The lowest BCUT2D eigenvalue weighted by atomic mass is 9.95. The highest BCUT2D eigenvalue weighted by Crippen LogP contribution is 2.32. The lowest BCUT2D eigenvalue weighted by Crippen LogP contribution is -2.28. The number of halogens is 3. The number of hydrogen-bond donors (Lipinski definition) is 2. The third-order valence-electron chi connectivity index (χ3n) is 3.75. The summed E-state index contributed by atoms with van der Waals surface area (Å²) < 4.78 is 38.8. The van der Waals surface area contributed by atoms with Gasteiger partial charge in [-0.2, -0.15) is 24.5 Å². The zero-order chi connectivity index (χ0) is 17.6. The Morgan fingerprint density at radius 1 is 1.21 bits per heavy atom. The lowest BCUT2D eigenvalue weighted by molar-refractivity contribution is -0.137. The van der Waals surface area contributed by atoms with Crippen LogP contribution in [0.3, 0.4) is 0 Å². The maximum Gasteiger partial charge on any atom is 0.417 e. The third-order valence-corrected chi connectivity index (χ3v) is 4.45. The summed E-state index contributed by atoms with van der Waals surface area (Å²) in [4.78, 5) is 12.1. The van der Waals surface area contributed by atoms with Gasteiger partial charge in [-0.3, -0.25) is 4.79 Å². The molecule has 0 aliphatic rings. The molecule has 0 spiro atoms. The molecule has 7 heteroatoms. The van der Waals surface area contributed by atoms with Gasteiger partial charge in [0.25, 0.3) is 5.91 Å². The highest BCUT2D eigenvalue weighted by Gasteiger charge is 2.34. The molecular weight excluding hydrogens is 339 g/mol. The SMILES string of the molecule is O=C(NCC[C@@H](CCO)c1ccsc1)c1ccccc1C(F)(F)F. The van der Waals surface area contributed by atoms with Crippen LogP contribution >= 0.6 is 11.3 Å². The quantitative estimate of drug-likeness (QED) is 0.785. The van der Waals surface area contributed by atoms with Gasteiger partial charge < -0.3 is 10.4 Å². The molecule has 3 nitrogen and oxygen atoms in total. The average Bonchev–Trinajstić information content (AvgIpc) is 3.07. The summed E-state index contributed by atoms with van der Waals surface area (Å²) >= 11 is 1.54. The summed E-state index contributed by atoms with van der Waals surface area (Å²) in [6, 6.07) is 6.68. The fraction of sp³-hybridized carbons (Fsp3) is 0.353. The Morgan fingerprint density at radius 2 is 1.96 bits per heavy atom. The fourth-order valence-corrected chi connectivity index (χ4v) is 3.27. The van der Waals surface area contributed by atoms with E-state index in [1.54, 1.807) is 11.3 Å². The van der Waals surface area contributed by atoms with Crippen LogP contribution in [0, 0.1) is 0 Å². The zero-order valence-electron chi connectivity index (χ0n) is 12.8. The van der Waals surface area contributed by atoms with Crippen LogP contribution < -0.4 is 5.32 Å². The smallest absolute Gasteiger partial charge is 0.396 e. The minimum absolute atomic E-state index is 0.0192. The van der Waals surface area contributed by atoms with Crippen molar-refractivity contribution in [2.75, 3.05) is 13.2 Å². The van der Waals surface area contributed by atoms with Crippen LogP contribution in [0.5, 0.6) is 0 Å². The van der Waals surface area contributed by atoms with Gasteiger partial charge in [0, 0.05) is 13.2 Å². The Bertz CT molecular complexity index is 656. The summed E-state index contributed by atoms with van der Waals surface area (Å²) in [5.74, 6) is -0.671. The lowest BCUT2D eigenvalue weighted by Gasteiger charge is -2.16. The number of alkyl halides is 3. The van der Waals surface area contributed by atoms with E-state index in [1.807, 2.05) is 16.8 Å². The van der Waals surface area contributed by atoms with Crippen molar-refractivity contribution < 1.29 is 23.1 Å². The molecule has 2 rings (SSSR count). The molecule has 0 fully saturated rings. The van der Waals surface area contributed by atoms with E-state index >= 15 is 0 Å². The van der Waals surface area contributed by atoms with Crippen LogP contribution in [-0.4, -0.2) is 24.2 Å². The Hall–Kier alpha value is -1.86. The highest BCUT2D eigenvalue weighted by molar-refractivity contribution is 7.07. The van der Waals surface area contributed by atoms with E-state index in [-0.39, 0.29) is 24.6 Å². The van der Waals surface area contributed by atoms with E-state index in [2.05, 4.69) is 5.32 Å². The number of hydrogen-bond acceptors (Lipinski definition) is 3. The van der Waals surface area contributed by atoms with E-state index in [9.17, 15) is 18.0 Å². The molecule has 24 heavy (non-hydrogen) atoms. The molecule has 0 saturated heterocycles. The van der Waals surface area contributed by atoms with Crippen LogP contribution in [0.4, 0.5) is 13.2 Å². The number of aliphatic hydroxyl groups is 1. The van der Waals surface area contributed by atoms with Gasteiger partial charge in [0.2, 0.25) is 0 Å². The molecule has 0 bridgehead atoms. The summed E-state index contributed by atoms with van der Waals surface area (Å²) in [6.07, 6.45) is -3.47. The topological polar surface area (TPSA) is 49.3 Å². The monoisotopic (exact) mass is 357 g/mol. The molecule has 0 aliphatic carbocycles. The minimum atomic E-state index is -4.57. The van der Waals surface area contributed by atoms with Crippen molar-refractivity contribution in [1.29, 1.82) is 0 Å². The third kappa shape index (κ3) is 4.82. The first-order chi connectivity index (χ1) is 11.4. The fourth-order valence-electron chi connectivity index (χ4n) is 2.52. The van der Waals surface area contributed by atoms with Crippen molar-refractivity contribution in [2.45, 2.75) is 24.9 Å². The Kier molecular flexibility index (Phi) is 6.39. The number of amides is 1. The normalized spacial score (nSPS) is 12.8. The second-order valence-corrected chi connectivity index (χ2v) is 6.13. The van der Waals surface area contributed by atoms with Gasteiger partial charge in [-0.15, -0.1) is 0 Å². The van der Waals surface area contributed by atoms with Crippen molar-refractivity contribution in [3.63, 3.8) is 0 Å². The van der Waals surface area contributed by atoms with Crippen LogP contribution in [0.25, 0.3) is 0 Å². The second-order valence-electron chi connectivity index (χ2n) is 5.35. The Balaban J connectivity index is 1.98. The van der Waals surface area contributed by atoms with E-state index < -0.39 is 17.6 Å². The molecule has 0 radical (unpaired) electrons. The molecule has 1 heterocycles. The highest BCUT2D eigenvalue weighted by atomic mass is 32.1. The van der Waals surface area contributed by atoms with Crippen molar-refractivity contribution in [3.05, 3.63) is 57.8 Å². The number of carbonyl (C=O) groups is 1. The van der Waals surface area contributed by atoms with Gasteiger partial charge in [0.15, 0.2) is 0 Å². The summed E-state index contributed by atoms with van der Waals surface area (Å²) in [7, 11) is 0. The van der Waals surface area contributed by atoms with E-state index in [1.165, 1.54) is 18.2 Å². The molecule has 1 atom stereocenters. The second kappa shape index (κ2) is 8.30. The Morgan fingerprint density at radius 3 is 2.58 bits per heavy atom. The standard InChI is InChI=1S/C17H18F3NO2S/c18-17(19,20)15-4-2-1-3-14(15)16(23)21-8-5-12(6-9-22)13-7-10-24-11-13/h1-4,7,10-12,22H,5-6,8-9H2,(H,21,23)/t12-/m0/s1. The first kappa shape index (κ1) is 18.5. The van der Waals surface area contributed by atoms with Gasteiger partial charge in [0.1, 0.15) is 0 Å². The number of nitrogens with one attached hydrogen (secondary N) is 1. The summed E-state index contributed by atoms with van der Waals surface area (Å²) in [6.45, 7) is 0.261. The predicted octanol–water partition coefficient (Wildman–Crippen LogP) is 4.05. The van der Waals surface area contributed by atoms with Crippen molar-refractivity contribution >= 4 is 17.2 Å². The maximum absolute atomic E-state index is 12.9. The van der Waals surface area contributed by atoms with Crippen LogP contribution in [-0.2, 0) is 6.18 Å². The van der Waals surface area contributed by atoms with Gasteiger partial charge in [-0.25, -0.2) is 0 Å². The molecule has 0 saturated carbocycles. The molecule has 0 aliphatic heterocycles. The largest absolute Gasteiger partial charge is 0.417 e. The summed E-state index contributed by atoms with van der Waals surface area (Å²) in [5.41, 5.74) is -0.245. The van der Waals surface area contributed by atoms with Gasteiger partial charge in [0.05, 0.1) is 11.1 Å².